The normalized spacial score (nSPS) is 13.0. The molecule has 2 aromatic carbocycles. The van der Waals surface area contributed by atoms with Crippen LogP contribution in [-0.2, 0) is 6.42 Å². The molecule has 1 aliphatic carbocycles. The van der Waals surface area contributed by atoms with Crippen molar-refractivity contribution in [1.82, 2.24) is 0 Å². The predicted molar refractivity (Wildman–Crippen MR) is 65.2 cm³/mol. The van der Waals surface area contributed by atoms with Gasteiger partial charge in [-0.15, -0.1) is 0 Å². The highest BCUT2D eigenvalue weighted by Gasteiger charge is 2.14. The van der Waals surface area contributed by atoms with E-state index in [4.69, 9.17) is 5.73 Å². The Balaban J connectivity index is 2.49. The number of rotatable bonds is 1. The maximum Gasteiger partial charge on any atom is 0.249 e. The zero-order valence-electron chi connectivity index (χ0n) is 8.73. The summed E-state index contributed by atoms with van der Waals surface area (Å²) in [5, 5.41) is 2.34. The minimum atomic E-state index is -0.363. The third-order valence-corrected chi connectivity index (χ3v) is 3.06. The Hall–Kier alpha value is -2.09. The number of allylic oxidation sites excluding steroid dienone is 1. The molecule has 0 aromatic heterocycles. The van der Waals surface area contributed by atoms with Crippen molar-refractivity contribution in [2.45, 2.75) is 6.42 Å². The summed E-state index contributed by atoms with van der Waals surface area (Å²) in [5.74, 6) is -0.363. The van der Waals surface area contributed by atoms with E-state index in [0.29, 0.717) is 5.56 Å². The van der Waals surface area contributed by atoms with Gasteiger partial charge in [-0.05, 0) is 34.4 Å². The molecule has 0 radical (unpaired) electrons. The Kier molecular flexibility index (Phi) is 1.83. The summed E-state index contributed by atoms with van der Waals surface area (Å²) < 4.78 is 0. The molecule has 0 saturated carbocycles. The quantitative estimate of drug-likeness (QED) is 0.770. The molecule has 0 spiro atoms. The lowest BCUT2D eigenvalue weighted by Crippen LogP contribution is -2.13. The Morgan fingerprint density at radius 1 is 1.19 bits per heavy atom. The van der Waals surface area contributed by atoms with Gasteiger partial charge in [0.1, 0.15) is 0 Å². The van der Waals surface area contributed by atoms with E-state index < -0.39 is 0 Å². The lowest BCUT2D eigenvalue weighted by molar-refractivity contribution is 0.100. The first-order valence-electron chi connectivity index (χ1n) is 5.28. The molecule has 0 unspecified atom stereocenters. The molecule has 0 heterocycles. The van der Waals surface area contributed by atoms with E-state index in [1.165, 1.54) is 16.3 Å². The number of amides is 1. The standard InChI is InChI=1S/C14H11NO/c15-14(16)12-8-7-10-4-1-3-9-5-2-6-11(12)13(9)10/h1-4,6-8H,5H2,(H2,15,16). The number of primary amides is 1. The second-order valence-corrected chi connectivity index (χ2v) is 4.01. The van der Waals surface area contributed by atoms with E-state index in [0.717, 1.165) is 12.0 Å². The zero-order chi connectivity index (χ0) is 11.1. The highest BCUT2D eigenvalue weighted by molar-refractivity contribution is 6.06. The predicted octanol–water partition coefficient (Wildman–Crippen LogP) is 2.51. The summed E-state index contributed by atoms with van der Waals surface area (Å²) in [4.78, 5) is 11.3. The van der Waals surface area contributed by atoms with Crippen LogP contribution in [0, 0.1) is 0 Å². The van der Waals surface area contributed by atoms with Crippen molar-refractivity contribution < 1.29 is 4.79 Å². The molecule has 0 atom stereocenters. The lowest BCUT2D eigenvalue weighted by Gasteiger charge is -2.14. The lowest BCUT2D eigenvalue weighted by atomic mass is 9.90. The van der Waals surface area contributed by atoms with Crippen LogP contribution in [0.1, 0.15) is 21.5 Å². The van der Waals surface area contributed by atoms with Gasteiger partial charge in [-0.1, -0.05) is 36.4 Å². The minimum Gasteiger partial charge on any atom is -0.366 e. The Morgan fingerprint density at radius 3 is 2.88 bits per heavy atom. The van der Waals surface area contributed by atoms with Crippen LogP contribution in [0.25, 0.3) is 16.8 Å². The van der Waals surface area contributed by atoms with Crippen LogP contribution < -0.4 is 5.73 Å². The Morgan fingerprint density at radius 2 is 2.06 bits per heavy atom. The molecule has 1 aliphatic rings. The summed E-state index contributed by atoms with van der Waals surface area (Å²) >= 11 is 0. The molecule has 16 heavy (non-hydrogen) atoms. The van der Waals surface area contributed by atoms with Crippen molar-refractivity contribution in [3.63, 3.8) is 0 Å². The SMILES string of the molecule is NC(=O)c1ccc2cccc3c2c1C=CC3. The van der Waals surface area contributed by atoms with E-state index >= 15 is 0 Å². The number of hydrogen-bond acceptors (Lipinski definition) is 1. The van der Waals surface area contributed by atoms with E-state index in [-0.39, 0.29) is 5.91 Å². The second kappa shape index (κ2) is 3.20. The van der Waals surface area contributed by atoms with Crippen LogP contribution in [0.4, 0.5) is 0 Å². The van der Waals surface area contributed by atoms with Gasteiger partial charge < -0.3 is 5.73 Å². The molecule has 0 bridgehead atoms. The summed E-state index contributed by atoms with van der Waals surface area (Å²) in [6.45, 7) is 0. The smallest absolute Gasteiger partial charge is 0.249 e. The highest BCUT2D eigenvalue weighted by Crippen LogP contribution is 2.30. The van der Waals surface area contributed by atoms with Crippen molar-refractivity contribution in [3.8, 4) is 0 Å². The largest absolute Gasteiger partial charge is 0.366 e. The number of hydrogen-bond donors (Lipinski definition) is 1. The van der Waals surface area contributed by atoms with E-state index in [1.54, 1.807) is 6.07 Å². The molecule has 1 amide bonds. The van der Waals surface area contributed by atoms with Crippen molar-refractivity contribution in [2.75, 3.05) is 0 Å². The van der Waals surface area contributed by atoms with Crippen LogP contribution in [0.15, 0.2) is 36.4 Å². The molecule has 0 fully saturated rings. The molecule has 0 saturated heterocycles. The summed E-state index contributed by atoms with van der Waals surface area (Å²) in [6, 6.07) is 9.97. The Bertz CT molecular complexity index is 626. The molecular formula is C14H11NO. The number of carbonyl (C=O) groups excluding carboxylic acids is 1. The first-order chi connectivity index (χ1) is 7.77. The van der Waals surface area contributed by atoms with Crippen molar-refractivity contribution >= 4 is 22.8 Å². The summed E-state index contributed by atoms with van der Waals surface area (Å²) in [6.07, 6.45) is 4.99. The molecule has 3 rings (SSSR count). The van der Waals surface area contributed by atoms with Gasteiger partial charge in [0, 0.05) is 5.56 Å². The van der Waals surface area contributed by atoms with Crippen LogP contribution in [0.2, 0.25) is 0 Å². The number of nitrogens with two attached hydrogens (primary N) is 1. The van der Waals surface area contributed by atoms with Gasteiger partial charge in [0.05, 0.1) is 0 Å². The molecule has 0 aliphatic heterocycles. The van der Waals surface area contributed by atoms with Gasteiger partial charge >= 0.3 is 0 Å². The molecule has 2 aromatic rings. The van der Waals surface area contributed by atoms with Gasteiger partial charge in [-0.25, -0.2) is 0 Å². The average Bonchev–Trinajstić information content (AvgIpc) is 2.30. The molecule has 2 heteroatoms. The third-order valence-electron chi connectivity index (χ3n) is 3.06. The minimum absolute atomic E-state index is 0.363. The first-order valence-corrected chi connectivity index (χ1v) is 5.28. The number of benzene rings is 2. The van der Waals surface area contributed by atoms with Crippen molar-refractivity contribution in [3.05, 3.63) is 53.1 Å². The van der Waals surface area contributed by atoms with Crippen LogP contribution in [0.5, 0.6) is 0 Å². The molecule has 2 N–H and O–H groups in total. The molecule has 2 nitrogen and oxygen atoms in total. The fourth-order valence-corrected chi connectivity index (χ4v) is 2.35. The van der Waals surface area contributed by atoms with Gasteiger partial charge in [0.15, 0.2) is 0 Å². The van der Waals surface area contributed by atoms with Crippen molar-refractivity contribution in [2.24, 2.45) is 5.73 Å². The monoisotopic (exact) mass is 209 g/mol. The second-order valence-electron chi connectivity index (χ2n) is 4.01. The zero-order valence-corrected chi connectivity index (χ0v) is 8.73. The van der Waals surface area contributed by atoms with Gasteiger partial charge in [0.2, 0.25) is 5.91 Å². The van der Waals surface area contributed by atoms with E-state index in [1.807, 2.05) is 18.2 Å². The topological polar surface area (TPSA) is 43.1 Å². The van der Waals surface area contributed by atoms with E-state index in [2.05, 4.69) is 18.2 Å². The van der Waals surface area contributed by atoms with Crippen LogP contribution >= 0.6 is 0 Å². The molecular weight excluding hydrogens is 198 g/mol. The highest BCUT2D eigenvalue weighted by atomic mass is 16.1. The van der Waals surface area contributed by atoms with E-state index in [9.17, 15) is 4.79 Å². The van der Waals surface area contributed by atoms with Gasteiger partial charge in [-0.2, -0.15) is 0 Å². The molecule has 78 valence electrons. The first kappa shape index (κ1) is 9.16. The third kappa shape index (κ3) is 1.16. The van der Waals surface area contributed by atoms with Crippen LogP contribution in [0.3, 0.4) is 0 Å². The average molecular weight is 209 g/mol. The summed E-state index contributed by atoms with van der Waals surface area (Å²) in [5.41, 5.74) is 8.22. The maximum atomic E-state index is 11.3. The number of carbonyl (C=O) groups is 1. The van der Waals surface area contributed by atoms with Gasteiger partial charge in [0.25, 0.3) is 0 Å². The Labute approximate surface area is 93.4 Å². The van der Waals surface area contributed by atoms with Gasteiger partial charge in [-0.3, -0.25) is 4.79 Å². The summed E-state index contributed by atoms with van der Waals surface area (Å²) in [7, 11) is 0. The van der Waals surface area contributed by atoms with Crippen LogP contribution in [-0.4, -0.2) is 5.91 Å². The fourth-order valence-electron chi connectivity index (χ4n) is 2.35. The fraction of sp³-hybridized carbons (Fsp3) is 0.0714. The van der Waals surface area contributed by atoms with Crippen molar-refractivity contribution in [1.29, 1.82) is 0 Å². The maximum absolute atomic E-state index is 11.3.